The van der Waals surface area contributed by atoms with Gasteiger partial charge >= 0.3 is 6.01 Å². The SMILES string of the molecule is Cn1nccc1-c1nnc(NC(=O)Cc2ccc3c(c2)OCO3)o1. The molecule has 0 fully saturated rings. The lowest BCUT2D eigenvalue weighted by molar-refractivity contribution is -0.115. The average Bonchev–Trinajstić information content (AvgIpc) is 3.27. The Hall–Kier alpha value is -3.36. The molecule has 0 saturated carbocycles. The van der Waals surface area contributed by atoms with E-state index in [1.807, 2.05) is 6.07 Å². The summed E-state index contributed by atoms with van der Waals surface area (Å²) in [6, 6.07) is 7.14. The van der Waals surface area contributed by atoms with Crippen molar-refractivity contribution >= 4 is 11.9 Å². The number of hydrogen-bond donors (Lipinski definition) is 1. The van der Waals surface area contributed by atoms with E-state index in [0.29, 0.717) is 17.2 Å². The third kappa shape index (κ3) is 2.67. The highest BCUT2D eigenvalue weighted by Crippen LogP contribution is 2.32. The third-order valence-corrected chi connectivity index (χ3v) is 3.51. The number of aromatic nitrogens is 4. The number of rotatable bonds is 4. The fourth-order valence-electron chi connectivity index (χ4n) is 2.36. The Morgan fingerprint density at radius 3 is 2.96 bits per heavy atom. The van der Waals surface area contributed by atoms with Gasteiger partial charge in [0.25, 0.3) is 5.89 Å². The van der Waals surface area contributed by atoms with E-state index < -0.39 is 0 Å². The Balaban J connectivity index is 1.43. The Labute approximate surface area is 136 Å². The van der Waals surface area contributed by atoms with Crippen LogP contribution >= 0.6 is 0 Å². The highest BCUT2D eigenvalue weighted by Gasteiger charge is 2.16. The van der Waals surface area contributed by atoms with Gasteiger partial charge in [0.05, 0.1) is 6.42 Å². The van der Waals surface area contributed by atoms with E-state index in [9.17, 15) is 4.79 Å². The van der Waals surface area contributed by atoms with E-state index in [4.69, 9.17) is 13.9 Å². The van der Waals surface area contributed by atoms with Crippen molar-refractivity contribution in [2.45, 2.75) is 6.42 Å². The van der Waals surface area contributed by atoms with Crippen LogP contribution in [0.3, 0.4) is 0 Å². The van der Waals surface area contributed by atoms with Crippen LogP contribution in [0.4, 0.5) is 6.01 Å². The molecule has 122 valence electrons. The zero-order chi connectivity index (χ0) is 16.5. The largest absolute Gasteiger partial charge is 0.454 e. The average molecular weight is 327 g/mol. The summed E-state index contributed by atoms with van der Waals surface area (Å²) in [6.07, 6.45) is 1.78. The van der Waals surface area contributed by atoms with Gasteiger partial charge in [0.15, 0.2) is 11.5 Å². The number of anilines is 1. The number of carbonyl (C=O) groups excluding carboxylic acids is 1. The number of nitrogens with zero attached hydrogens (tertiary/aromatic N) is 4. The number of fused-ring (bicyclic) bond motifs is 1. The molecule has 0 radical (unpaired) electrons. The summed E-state index contributed by atoms with van der Waals surface area (Å²) in [5, 5.41) is 14.3. The summed E-state index contributed by atoms with van der Waals surface area (Å²) >= 11 is 0. The quantitative estimate of drug-likeness (QED) is 0.772. The monoisotopic (exact) mass is 327 g/mol. The summed E-state index contributed by atoms with van der Waals surface area (Å²) in [7, 11) is 1.76. The van der Waals surface area contributed by atoms with Crippen LogP contribution < -0.4 is 14.8 Å². The first kappa shape index (κ1) is 14.2. The maximum Gasteiger partial charge on any atom is 0.322 e. The predicted molar refractivity (Wildman–Crippen MR) is 81.4 cm³/mol. The molecule has 2 aromatic heterocycles. The number of aryl methyl sites for hydroxylation is 1. The highest BCUT2D eigenvalue weighted by atomic mass is 16.7. The van der Waals surface area contributed by atoms with Gasteiger partial charge in [-0.1, -0.05) is 11.2 Å². The smallest absolute Gasteiger partial charge is 0.322 e. The van der Waals surface area contributed by atoms with Gasteiger partial charge in [0, 0.05) is 13.2 Å². The van der Waals surface area contributed by atoms with E-state index in [2.05, 4.69) is 20.6 Å². The number of amides is 1. The van der Waals surface area contributed by atoms with Gasteiger partial charge in [-0.05, 0) is 23.8 Å². The normalized spacial score (nSPS) is 12.4. The Morgan fingerprint density at radius 2 is 2.12 bits per heavy atom. The zero-order valence-electron chi connectivity index (χ0n) is 12.7. The van der Waals surface area contributed by atoms with Crippen LogP contribution in [0.1, 0.15) is 5.56 Å². The molecule has 3 heterocycles. The van der Waals surface area contributed by atoms with Crippen LogP contribution in [-0.2, 0) is 18.3 Å². The number of nitrogens with one attached hydrogen (secondary N) is 1. The van der Waals surface area contributed by atoms with E-state index in [1.54, 1.807) is 36.1 Å². The topological polar surface area (TPSA) is 104 Å². The van der Waals surface area contributed by atoms with Gasteiger partial charge < -0.3 is 13.9 Å². The minimum Gasteiger partial charge on any atom is -0.454 e. The second-order valence-electron chi connectivity index (χ2n) is 5.16. The number of hydrogen-bond acceptors (Lipinski definition) is 7. The Kier molecular flexibility index (Phi) is 3.38. The predicted octanol–water partition coefficient (Wildman–Crippen LogP) is 1.38. The van der Waals surface area contributed by atoms with Crippen LogP contribution in [-0.4, -0.2) is 32.7 Å². The minimum absolute atomic E-state index is 0.0388. The molecule has 4 rings (SSSR count). The molecule has 0 spiro atoms. The van der Waals surface area contributed by atoms with Crippen molar-refractivity contribution in [2.75, 3.05) is 12.1 Å². The van der Waals surface area contributed by atoms with Crippen molar-refractivity contribution in [1.29, 1.82) is 0 Å². The molecule has 9 nitrogen and oxygen atoms in total. The fraction of sp³-hybridized carbons (Fsp3) is 0.200. The summed E-state index contributed by atoms with van der Waals surface area (Å²) < 4.78 is 17.6. The lowest BCUT2D eigenvalue weighted by Gasteiger charge is -2.02. The number of ether oxygens (including phenoxy) is 2. The van der Waals surface area contributed by atoms with Crippen LogP contribution in [0, 0.1) is 0 Å². The number of carbonyl (C=O) groups is 1. The van der Waals surface area contributed by atoms with E-state index >= 15 is 0 Å². The Morgan fingerprint density at radius 1 is 1.25 bits per heavy atom. The molecular weight excluding hydrogens is 314 g/mol. The third-order valence-electron chi connectivity index (χ3n) is 3.51. The molecule has 1 aliphatic heterocycles. The van der Waals surface area contributed by atoms with E-state index in [1.165, 1.54) is 0 Å². The summed E-state index contributed by atoms with van der Waals surface area (Å²) in [6.45, 7) is 0.198. The van der Waals surface area contributed by atoms with Crippen LogP contribution in [0.25, 0.3) is 11.6 Å². The van der Waals surface area contributed by atoms with Gasteiger partial charge in [0.2, 0.25) is 12.7 Å². The summed E-state index contributed by atoms with van der Waals surface area (Å²) in [5.74, 6) is 1.33. The molecule has 1 aliphatic rings. The van der Waals surface area contributed by atoms with Gasteiger partial charge in [0.1, 0.15) is 5.69 Å². The maximum absolute atomic E-state index is 12.1. The molecule has 24 heavy (non-hydrogen) atoms. The highest BCUT2D eigenvalue weighted by molar-refractivity contribution is 5.90. The van der Waals surface area contributed by atoms with Crippen molar-refractivity contribution in [3.8, 4) is 23.1 Å². The molecule has 0 unspecified atom stereocenters. The molecule has 0 saturated heterocycles. The van der Waals surface area contributed by atoms with Crippen LogP contribution in [0.15, 0.2) is 34.9 Å². The zero-order valence-corrected chi connectivity index (χ0v) is 12.7. The van der Waals surface area contributed by atoms with Gasteiger partial charge in [-0.3, -0.25) is 14.8 Å². The van der Waals surface area contributed by atoms with Crippen molar-refractivity contribution in [1.82, 2.24) is 20.0 Å². The minimum atomic E-state index is -0.269. The second kappa shape index (κ2) is 5.69. The first-order chi connectivity index (χ1) is 11.7. The van der Waals surface area contributed by atoms with Crippen molar-refractivity contribution < 1.29 is 18.7 Å². The molecular formula is C15H13N5O4. The first-order valence-electron chi connectivity index (χ1n) is 7.19. The molecule has 3 aromatic rings. The van der Waals surface area contributed by atoms with Crippen molar-refractivity contribution in [3.05, 3.63) is 36.0 Å². The Bertz CT molecular complexity index is 901. The molecule has 1 aromatic carbocycles. The summed E-state index contributed by atoms with van der Waals surface area (Å²) in [4.78, 5) is 12.1. The lowest BCUT2D eigenvalue weighted by Crippen LogP contribution is -2.14. The fourth-order valence-corrected chi connectivity index (χ4v) is 2.36. The van der Waals surface area contributed by atoms with Crippen LogP contribution in [0.2, 0.25) is 0 Å². The van der Waals surface area contributed by atoms with Crippen molar-refractivity contribution in [2.24, 2.45) is 7.05 Å². The molecule has 9 heteroatoms. The van der Waals surface area contributed by atoms with Gasteiger partial charge in [-0.2, -0.15) is 5.10 Å². The maximum atomic E-state index is 12.1. The lowest BCUT2D eigenvalue weighted by atomic mass is 10.1. The molecule has 0 aliphatic carbocycles. The van der Waals surface area contributed by atoms with Crippen LogP contribution in [0.5, 0.6) is 11.5 Å². The van der Waals surface area contributed by atoms with Gasteiger partial charge in [-0.25, -0.2) is 0 Å². The molecule has 1 amide bonds. The number of benzene rings is 1. The standard InChI is InChI=1S/C15H13N5O4/c1-20-10(4-5-16-20)14-18-19-15(24-14)17-13(21)7-9-2-3-11-12(6-9)23-8-22-11/h2-6H,7-8H2,1H3,(H,17,19,21). The first-order valence-corrected chi connectivity index (χ1v) is 7.19. The van der Waals surface area contributed by atoms with Crippen molar-refractivity contribution in [3.63, 3.8) is 0 Å². The van der Waals surface area contributed by atoms with E-state index in [0.717, 1.165) is 5.56 Å². The van der Waals surface area contributed by atoms with E-state index in [-0.39, 0.29) is 31.0 Å². The summed E-state index contributed by atoms with van der Waals surface area (Å²) in [5.41, 5.74) is 1.46. The molecule has 1 N–H and O–H groups in total. The molecule has 0 bridgehead atoms. The van der Waals surface area contributed by atoms with Gasteiger partial charge in [-0.15, -0.1) is 5.10 Å². The molecule has 0 atom stereocenters. The second-order valence-corrected chi connectivity index (χ2v) is 5.16.